The summed E-state index contributed by atoms with van der Waals surface area (Å²) in [6.45, 7) is 0. The van der Waals surface area contributed by atoms with E-state index in [9.17, 15) is 9.90 Å². The van der Waals surface area contributed by atoms with E-state index >= 15 is 0 Å². The predicted octanol–water partition coefficient (Wildman–Crippen LogP) is 4.33. The third kappa shape index (κ3) is 2.37. The van der Waals surface area contributed by atoms with Gasteiger partial charge in [-0.15, -0.1) is 0 Å². The van der Waals surface area contributed by atoms with Crippen LogP contribution in [0.5, 0.6) is 0 Å². The molecule has 0 amide bonds. The second-order valence-electron chi connectivity index (χ2n) is 3.97. The SMILES string of the molecule is O=C(O)c1c(Cl)cccc1Sc1nc2ccccc2o1. The normalized spacial score (nSPS) is 10.8. The van der Waals surface area contributed by atoms with Gasteiger partial charge in [0.15, 0.2) is 5.58 Å². The van der Waals surface area contributed by atoms with Crippen molar-refractivity contribution in [1.29, 1.82) is 0 Å². The first kappa shape index (κ1) is 13.0. The predicted molar refractivity (Wildman–Crippen MR) is 76.5 cm³/mol. The summed E-state index contributed by atoms with van der Waals surface area (Å²) in [4.78, 5) is 16.1. The Kier molecular flexibility index (Phi) is 3.38. The number of oxazole rings is 1. The highest BCUT2D eigenvalue weighted by molar-refractivity contribution is 7.99. The van der Waals surface area contributed by atoms with Crippen molar-refractivity contribution in [1.82, 2.24) is 4.98 Å². The highest BCUT2D eigenvalue weighted by Gasteiger charge is 2.17. The second-order valence-corrected chi connectivity index (χ2v) is 5.37. The minimum absolute atomic E-state index is 0.0569. The van der Waals surface area contributed by atoms with Crippen molar-refractivity contribution in [3.8, 4) is 0 Å². The Morgan fingerprint density at radius 3 is 2.75 bits per heavy atom. The number of nitrogens with zero attached hydrogens (tertiary/aromatic N) is 1. The van der Waals surface area contributed by atoms with Crippen LogP contribution < -0.4 is 0 Å². The van der Waals surface area contributed by atoms with Gasteiger partial charge in [0.25, 0.3) is 5.22 Å². The van der Waals surface area contributed by atoms with E-state index in [0.717, 1.165) is 17.3 Å². The first-order chi connectivity index (χ1) is 9.65. The van der Waals surface area contributed by atoms with Crippen molar-refractivity contribution in [3.05, 3.63) is 53.1 Å². The van der Waals surface area contributed by atoms with E-state index in [1.165, 1.54) is 0 Å². The summed E-state index contributed by atoms with van der Waals surface area (Å²) in [5, 5.41) is 9.79. The van der Waals surface area contributed by atoms with E-state index in [2.05, 4.69) is 4.98 Å². The zero-order valence-electron chi connectivity index (χ0n) is 10.0. The van der Waals surface area contributed by atoms with Crippen LogP contribution in [0.2, 0.25) is 5.02 Å². The molecule has 0 saturated heterocycles. The quantitative estimate of drug-likeness (QED) is 0.780. The zero-order chi connectivity index (χ0) is 14.1. The summed E-state index contributed by atoms with van der Waals surface area (Å²) >= 11 is 7.06. The van der Waals surface area contributed by atoms with Crippen LogP contribution in [0.4, 0.5) is 0 Å². The van der Waals surface area contributed by atoms with Gasteiger partial charge in [0.1, 0.15) is 5.52 Å². The molecule has 3 aromatic rings. The van der Waals surface area contributed by atoms with Gasteiger partial charge in [-0.2, -0.15) is 0 Å². The Labute approximate surface area is 123 Å². The van der Waals surface area contributed by atoms with E-state index in [0.29, 0.717) is 15.7 Å². The van der Waals surface area contributed by atoms with Crippen molar-refractivity contribution in [2.75, 3.05) is 0 Å². The number of carboxylic acid groups (broad SMARTS) is 1. The Morgan fingerprint density at radius 1 is 1.20 bits per heavy atom. The van der Waals surface area contributed by atoms with Crippen LogP contribution in [-0.4, -0.2) is 16.1 Å². The Morgan fingerprint density at radius 2 is 2.00 bits per heavy atom. The lowest BCUT2D eigenvalue weighted by molar-refractivity contribution is 0.0693. The van der Waals surface area contributed by atoms with Crippen LogP contribution in [0, 0.1) is 0 Å². The minimum Gasteiger partial charge on any atom is -0.478 e. The Balaban J connectivity index is 2.02. The number of rotatable bonds is 3. The maximum absolute atomic E-state index is 11.3. The lowest BCUT2D eigenvalue weighted by Gasteiger charge is -2.04. The molecular formula is C14H8ClNO3S. The standard InChI is InChI=1S/C14H8ClNO3S/c15-8-4-3-7-11(12(8)13(17)18)20-14-16-9-5-1-2-6-10(9)19-14/h1-7H,(H,17,18). The highest BCUT2D eigenvalue weighted by Crippen LogP contribution is 2.34. The molecule has 0 aliphatic rings. The first-order valence-corrected chi connectivity index (χ1v) is 6.90. The van der Waals surface area contributed by atoms with Gasteiger partial charge in [-0.25, -0.2) is 9.78 Å². The third-order valence-corrected chi connectivity index (χ3v) is 3.89. The molecule has 0 spiro atoms. The van der Waals surface area contributed by atoms with E-state index < -0.39 is 5.97 Å². The van der Waals surface area contributed by atoms with Gasteiger partial charge in [0, 0.05) is 4.90 Å². The topological polar surface area (TPSA) is 63.3 Å². The molecule has 20 heavy (non-hydrogen) atoms. The molecule has 1 heterocycles. The lowest BCUT2D eigenvalue weighted by atomic mass is 10.2. The van der Waals surface area contributed by atoms with Gasteiger partial charge in [-0.05, 0) is 36.0 Å². The number of fused-ring (bicyclic) bond motifs is 1. The van der Waals surface area contributed by atoms with Crippen molar-refractivity contribution in [2.24, 2.45) is 0 Å². The fourth-order valence-corrected chi connectivity index (χ4v) is 3.01. The average molecular weight is 306 g/mol. The number of aromatic carboxylic acids is 1. The van der Waals surface area contributed by atoms with E-state index in [-0.39, 0.29) is 10.6 Å². The monoisotopic (exact) mass is 305 g/mol. The molecule has 1 N–H and O–H groups in total. The molecule has 0 bridgehead atoms. The molecule has 4 nitrogen and oxygen atoms in total. The third-order valence-electron chi connectivity index (χ3n) is 2.66. The van der Waals surface area contributed by atoms with Crippen LogP contribution >= 0.6 is 23.4 Å². The summed E-state index contributed by atoms with van der Waals surface area (Å²) < 4.78 is 5.56. The molecule has 3 rings (SSSR count). The molecule has 100 valence electrons. The highest BCUT2D eigenvalue weighted by atomic mass is 35.5. The van der Waals surface area contributed by atoms with Crippen LogP contribution in [0.25, 0.3) is 11.1 Å². The molecule has 2 aromatic carbocycles. The molecule has 6 heteroatoms. The van der Waals surface area contributed by atoms with E-state index in [4.69, 9.17) is 16.0 Å². The second kappa shape index (κ2) is 5.19. The zero-order valence-corrected chi connectivity index (χ0v) is 11.6. The number of aromatic nitrogens is 1. The van der Waals surface area contributed by atoms with Gasteiger partial charge in [-0.3, -0.25) is 0 Å². The summed E-state index contributed by atoms with van der Waals surface area (Å²) in [6.07, 6.45) is 0. The number of hydrogen-bond acceptors (Lipinski definition) is 4. The van der Waals surface area contributed by atoms with Gasteiger partial charge in [-0.1, -0.05) is 29.8 Å². The number of benzene rings is 2. The van der Waals surface area contributed by atoms with Crippen molar-refractivity contribution < 1.29 is 14.3 Å². The number of carbonyl (C=O) groups is 1. The Hall–Kier alpha value is -1.98. The van der Waals surface area contributed by atoms with Gasteiger partial charge in [0.2, 0.25) is 0 Å². The molecule has 0 unspecified atom stereocenters. The number of hydrogen-bond donors (Lipinski definition) is 1. The number of para-hydroxylation sites is 2. The summed E-state index contributed by atoms with van der Waals surface area (Å²) in [5.41, 5.74) is 1.45. The molecule has 0 fully saturated rings. The molecular weight excluding hydrogens is 298 g/mol. The molecule has 0 saturated carbocycles. The van der Waals surface area contributed by atoms with Crippen molar-refractivity contribution >= 4 is 40.4 Å². The first-order valence-electron chi connectivity index (χ1n) is 5.70. The summed E-state index contributed by atoms with van der Waals surface area (Å²) in [7, 11) is 0. The maximum atomic E-state index is 11.3. The summed E-state index contributed by atoms with van der Waals surface area (Å²) in [5.74, 6) is -1.07. The van der Waals surface area contributed by atoms with Gasteiger partial charge < -0.3 is 9.52 Å². The molecule has 0 aliphatic carbocycles. The molecule has 0 radical (unpaired) electrons. The van der Waals surface area contributed by atoms with Crippen molar-refractivity contribution in [2.45, 2.75) is 10.1 Å². The average Bonchev–Trinajstić information content (AvgIpc) is 2.80. The summed E-state index contributed by atoms with van der Waals surface area (Å²) in [6, 6.07) is 12.3. The fourth-order valence-electron chi connectivity index (χ4n) is 1.79. The minimum atomic E-state index is -1.07. The van der Waals surface area contributed by atoms with Crippen LogP contribution in [0.1, 0.15) is 10.4 Å². The molecule has 0 atom stereocenters. The van der Waals surface area contributed by atoms with Crippen LogP contribution in [-0.2, 0) is 0 Å². The number of halogens is 1. The lowest BCUT2D eigenvalue weighted by Crippen LogP contribution is -1.99. The van der Waals surface area contributed by atoms with Crippen molar-refractivity contribution in [3.63, 3.8) is 0 Å². The van der Waals surface area contributed by atoms with Gasteiger partial charge >= 0.3 is 5.97 Å². The Bertz CT molecular complexity index is 767. The van der Waals surface area contributed by atoms with E-state index in [1.807, 2.05) is 24.3 Å². The largest absolute Gasteiger partial charge is 0.478 e. The van der Waals surface area contributed by atoms with E-state index in [1.54, 1.807) is 18.2 Å². The molecule has 0 aliphatic heterocycles. The fraction of sp³-hybridized carbons (Fsp3) is 0. The number of carboxylic acids is 1. The molecule has 1 aromatic heterocycles. The maximum Gasteiger partial charge on any atom is 0.338 e. The van der Waals surface area contributed by atoms with Gasteiger partial charge in [0.05, 0.1) is 10.6 Å². The smallest absolute Gasteiger partial charge is 0.338 e. The van der Waals surface area contributed by atoms with Crippen LogP contribution in [0.15, 0.2) is 57.0 Å². The van der Waals surface area contributed by atoms with Crippen LogP contribution in [0.3, 0.4) is 0 Å².